The monoisotopic (exact) mass is 428 g/mol. The molecule has 0 bridgehead atoms. The average molecular weight is 428 g/mol. The number of carbonyl (C=O) groups is 1. The van der Waals surface area contributed by atoms with Gasteiger partial charge in [-0.05, 0) is 37.5 Å². The van der Waals surface area contributed by atoms with E-state index in [1.807, 2.05) is 36.4 Å². The molecule has 5 nitrogen and oxygen atoms in total. The summed E-state index contributed by atoms with van der Waals surface area (Å²) >= 11 is 0. The van der Waals surface area contributed by atoms with Gasteiger partial charge in [-0.25, -0.2) is 9.37 Å². The van der Waals surface area contributed by atoms with Crippen LogP contribution in [0.4, 0.5) is 4.39 Å². The Kier molecular flexibility index (Phi) is 5.50. The summed E-state index contributed by atoms with van der Waals surface area (Å²) in [6.45, 7) is 4.97. The number of hydrogen-bond acceptors (Lipinski definition) is 5. The summed E-state index contributed by atoms with van der Waals surface area (Å²) in [5.74, 6) is -1.19. The number of rotatable bonds is 5. The molecule has 1 heterocycles. The van der Waals surface area contributed by atoms with Crippen molar-refractivity contribution in [2.45, 2.75) is 32.8 Å². The normalized spacial score (nSPS) is 11.3. The molecule has 0 saturated carbocycles. The second kappa shape index (κ2) is 8.27. The molecule has 0 spiro atoms. The summed E-state index contributed by atoms with van der Waals surface area (Å²) in [5.41, 5.74) is 1.09. The van der Waals surface area contributed by atoms with Crippen LogP contribution >= 0.6 is 0 Å². The maximum Gasteiger partial charge on any atom is 0.321 e. The summed E-state index contributed by atoms with van der Waals surface area (Å²) in [5, 5.41) is 9.76. The van der Waals surface area contributed by atoms with Crippen molar-refractivity contribution < 1.29 is 18.3 Å². The maximum absolute atomic E-state index is 15.5. The third-order valence-corrected chi connectivity index (χ3v) is 5.46. The minimum absolute atomic E-state index is 0.00873. The van der Waals surface area contributed by atoms with Crippen LogP contribution in [0.3, 0.4) is 0 Å². The van der Waals surface area contributed by atoms with E-state index in [0.29, 0.717) is 11.1 Å². The number of nitriles is 1. The first kappa shape index (κ1) is 21.3. The first-order valence-corrected chi connectivity index (χ1v) is 10.1. The van der Waals surface area contributed by atoms with E-state index in [9.17, 15) is 10.1 Å². The van der Waals surface area contributed by atoms with Crippen LogP contribution in [0.5, 0.6) is 0 Å². The highest BCUT2D eigenvalue weighted by Gasteiger charge is 2.38. The molecule has 6 heteroatoms. The summed E-state index contributed by atoms with van der Waals surface area (Å²) in [6, 6.07) is 20.3. The average Bonchev–Trinajstić information content (AvgIpc) is 3.26. The Morgan fingerprint density at radius 2 is 1.75 bits per heavy atom. The number of ether oxygens (including phenoxy) is 1. The molecule has 0 aliphatic carbocycles. The van der Waals surface area contributed by atoms with Gasteiger partial charge < -0.3 is 9.15 Å². The van der Waals surface area contributed by atoms with Crippen LogP contribution in [0.1, 0.15) is 36.4 Å². The van der Waals surface area contributed by atoms with Gasteiger partial charge in [0, 0.05) is 5.56 Å². The van der Waals surface area contributed by atoms with Gasteiger partial charge in [-0.3, -0.25) is 4.79 Å². The van der Waals surface area contributed by atoms with Crippen molar-refractivity contribution in [1.82, 2.24) is 4.98 Å². The minimum atomic E-state index is -1.28. The number of halogens is 1. The van der Waals surface area contributed by atoms with E-state index in [4.69, 9.17) is 9.15 Å². The number of aromatic nitrogens is 1. The van der Waals surface area contributed by atoms with E-state index in [0.717, 1.165) is 5.56 Å². The molecule has 0 amide bonds. The van der Waals surface area contributed by atoms with Crippen LogP contribution < -0.4 is 0 Å². The lowest BCUT2D eigenvalue weighted by Crippen LogP contribution is -2.31. The number of nitrogens with zero attached hydrogens (tertiary/aromatic N) is 2. The number of oxazole rings is 1. The predicted octanol–water partition coefficient (Wildman–Crippen LogP) is 5.84. The number of benzene rings is 3. The number of esters is 1. The SMILES string of the molecule is Cc1c(-c2ccccc2)c(F)c2oc(C(C)(C)C(=O)OCc3ccccc3)nc2c1C#N. The maximum atomic E-state index is 15.5. The van der Waals surface area contributed by atoms with Crippen molar-refractivity contribution >= 4 is 17.1 Å². The highest BCUT2D eigenvalue weighted by molar-refractivity contribution is 5.90. The molecule has 0 atom stereocenters. The van der Waals surface area contributed by atoms with Crippen LogP contribution in [0, 0.1) is 24.1 Å². The number of carbonyl (C=O) groups excluding carboxylic acids is 1. The Balaban J connectivity index is 1.76. The zero-order chi connectivity index (χ0) is 22.9. The first-order valence-electron chi connectivity index (χ1n) is 10.1. The molecule has 0 fully saturated rings. The molecule has 1 aromatic heterocycles. The summed E-state index contributed by atoms with van der Waals surface area (Å²) in [7, 11) is 0. The fourth-order valence-electron chi connectivity index (χ4n) is 3.56. The lowest BCUT2D eigenvalue weighted by molar-refractivity contribution is -0.151. The molecule has 0 saturated heterocycles. The quantitative estimate of drug-likeness (QED) is 0.374. The third-order valence-electron chi connectivity index (χ3n) is 5.46. The van der Waals surface area contributed by atoms with E-state index in [2.05, 4.69) is 11.1 Å². The standard InChI is InChI=1S/C26H21FN2O3/c1-16-19(14-28)22-23(21(27)20(16)18-12-8-5-9-13-18)32-24(29-22)26(2,3)25(30)31-15-17-10-6-4-7-11-17/h4-13H,15H2,1-3H3. The van der Waals surface area contributed by atoms with Gasteiger partial charge >= 0.3 is 5.97 Å². The lowest BCUT2D eigenvalue weighted by atomic mass is 9.93. The van der Waals surface area contributed by atoms with Crippen LogP contribution in [0.25, 0.3) is 22.2 Å². The first-order chi connectivity index (χ1) is 15.3. The molecule has 160 valence electrons. The fraction of sp³-hybridized carbons (Fsp3) is 0.192. The van der Waals surface area contributed by atoms with E-state index in [-0.39, 0.29) is 34.7 Å². The van der Waals surface area contributed by atoms with E-state index >= 15 is 4.39 Å². The molecule has 0 N–H and O–H groups in total. The van der Waals surface area contributed by atoms with Gasteiger partial charge in [0.05, 0.1) is 5.56 Å². The fourth-order valence-corrected chi connectivity index (χ4v) is 3.56. The minimum Gasteiger partial charge on any atom is -0.460 e. The largest absolute Gasteiger partial charge is 0.460 e. The Morgan fingerprint density at radius 1 is 1.12 bits per heavy atom. The predicted molar refractivity (Wildman–Crippen MR) is 118 cm³/mol. The van der Waals surface area contributed by atoms with Gasteiger partial charge in [0.2, 0.25) is 5.89 Å². The Labute approximate surface area is 185 Å². The molecule has 4 aromatic rings. The molecule has 0 aliphatic heterocycles. The molecule has 0 radical (unpaired) electrons. The Hall–Kier alpha value is -3.98. The zero-order valence-corrected chi connectivity index (χ0v) is 18.0. The summed E-state index contributed by atoms with van der Waals surface area (Å²) < 4.78 is 26.8. The van der Waals surface area contributed by atoms with E-state index in [1.165, 1.54) is 0 Å². The van der Waals surface area contributed by atoms with Crippen LogP contribution in [-0.2, 0) is 21.6 Å². The second-order valence-electron chi connectivity index (χ2n) is 8.05. The smallest absolute Gasteiger partial charge is 0.321 e. The molecule has 32 heavy (non-hydrogen) atoms. The lowest BCUT2D eigenvalue weighted by Gasteiger charge is -2.18. The number of hydrogen-bond donors (Lipinski definition) is 0. The molecular weight excluding hydrogens is 407 g/mol. The highest BCUT2D eigenvalue weighted by Crippen LogP contribution is 2.38. The van der Waals surface area contributed by atoms with Crippen molar-refractivity contribution in [3.63, 3.8) is 0 Å². The van der Waals surface area contributed by atoms with Gasteiger partial charge in [0.25, 0.3) is 0 Å². The van der Waals surface area contributed by atoms with Crippen LogP contribution in [0.15, 0.2) is 65.1 Å². The molecular formula is C26H21FN2O3. The number of fused-ring (bicyclic) bond motifs is 1. The van der Waals surface area contributed by atoms with Gasteiger partial charge in [0.1, 0.15) is 23.6 Å². The summed E-state index contributed by atoms with van der Waals surface area (Å²) in [6.07, 6.45) is 0. The van der Waals surface area contributed by atoms with E-state index < -0.39 is 17.2 Å². The van der Waals surface area contributed by atoms with Crippen molar-refractivity contribution in [3.8, 4) is 17.2 Å². The van der Waals surface area contributed by atoms with Gasteiger partial charge in [-0.15, -0.1) is 0 Å². The second-order valence-corrected chi connectivity index (χ2v) is 8.05. The van der Waals surface area contributed by atoms with Gasteiger partial charge in [-0.2, -0.15) is 5.26 Å². The Morgan fingerprint density at radius 3 is 2.38 bits per heavy atom. The Bertz CT molecular complexity index is 1340. The molecule has 0 aliphatic rings. The molecule has 3 aromatic carbocycles. The zero-order valence-electron chi connectivity index (χ0n) is 18.0. The van der Waals surface area contributed by atoms with Crippen molar-refractivity contribution in [1.29, 1.82) is 5.26 Å². The molecule has 0 unspecified atom stereocenters. The van der Waals surface area contributed by atoms with Crippen molar-refractivity contribution in [2.24, 2.45) is 0 Å². The van der Waals surface area contributed by atoms with Crippen LogP contribution in [-0.4, -0.2) is 11.0 Å². The highest BCUT2D eigenvalue weighted by atomic mass is 19.1. The third kappa shape index (κ3) is 3.63. The van der Waals surface area contributed by atoms with Crippen molar-refractivity contribution in [3.05, 3.63) is 89.1 Å². The van der Waals surface area contributed by atoms with E-state index in [1.54, 1.807) is 45.0 Å². The van der Waals surface area contributed by atoms with Crippen molar-refractivity contribution in [2.75, 3.05) is 0 Å². The van der Waals surface area contributed by atoms with Gasteiger partial charge in [-0.1, -0.05) is 60.7 Å². The molecule has 4 rings (SSSR count). The van der Waals surface area contributed by atoms with Gasteiger partial charge in [0.15, 0.2) is 11.4 Å². The summed E-state index contributed by atoms with van der Waals surface area (Å²) in [4.78, 5) is 17.2. The van der Waals surface area contributed by atoms with Crippen LogP contribution in [0.2, 0.25) is 0 Å². The topological polar surface area (TPSA) is 76.1 Å².